The highest BCUT2D eigenvalue weighted by molar-refractivity contribution is 4.91. The SMILES string of the molecule is CC(C)c1noc(CN2CCC[C@@H](C)C2)n1. The Hall–Kier alpha value is -0.900. The van der Waals surface area contributed by atoms with Crippen molar-refractivity contribution in [1.82, 2.24) is 15.0 Å². The number of hydrogen-bond donors (Lipinski definition) is 0. The van der Waals surface area contributed by atoms with E-state index in [9.17, 15) is 0 Å². The molecule has 90 valence electrons. The third-order valence-corrected chi connectivity index (χ3v) is 3.10. The van der Waals surface area contributed by atoms with Gasteiger partial charge in [0.15, 0.2) is 5.82 Å². The molecule has 4 heteroatoms. The highest BCUT2D eigenvalue weighted by atomic mass is 16.5. The van der Waals surface area contributed by atoms with Gasteiger partial charge in [-0.05, 0) is 25.3 Å². The molecule has 0 radical (unpaired) electrons. The Bertz CT molecular complexity index is 335. The number of rotatable bonds is 3. The number of piperidine rings is 1. The van der Waals surface area contributed by atoms with Gasteiger partial charge in [-0.25, -0.2) is 0 Å². The normalized spacial score (nSPS) is 22.9. The van der Waals surface area contributed by atoms with Crippen LogP contribution in [-0.4, -0.2) is 28.1 Å². The molecule has 1 fully saturated rings. The van der Waals surface area contributed by atoms with Gasteiger partial charge in [-0.3, -0.25) is 4.90 Å². The molecular weight excluding hydrogens is 202 g/mol. The molecule has 16 heavy (non-hydrogen) atoms. The monoisotopic (exact) mass is 223 g/mol. The molecule has 0 amide bonds. The van der Waals surface area contributed by atoms with Crippen LogP contribution < -0.4 is 0 Å². The first kappa shape index (κ1) is 11.6. The van der Waals surface area contributed by atoms with Crippen LogP contribution in [0, 0.1) is 5.92 Å². The van der Waals surface area contributed by atoms with Gasteiger partial charge in [-0.2, -0.15) is 4.98 Å². The van der Waals surface area contributed by atoms with E-state index < -0.39 is 0 Å². The Morgan fingerprint density at radius 1 is 1.50 bits per heavy atom. The summed E-state index contributed by atoms with van der Waals surface area (Å²) in [6.45, 7) is 9.59. The van der Waals surface area contributed by atoms with Crippen molar-refractivity contribution in [2.24, 2.45) is 5.92 Å². The van der Waals surface area contributed by atoms with Crippen LogP contribution in [0.5, 0.6) is 0 Å². The van der Waals surface area contributed by atoms with E-state index >= 15 is 0 Å². The van der Waals surface area contributed by atoms with Gasteiger partial charge in [0.2, 0.25) is 5.89 Å². The molecule has 1 atom stereocenters. The lowest BCUT2D eigenvalue weighted by molar-refractivity contribution is 0.157. The van der Waals surface area contributed by atoms with E-state index in [0.29, 0.717) is 5.92 Å². The maximum absolute atomic E-state index is 5.26. The standard InChI is InChI=1S/C12H21N3O/c1-9(2)12-13-11(16-14-12)8-15-6-4-5-10(3)7-15/h9-10H,4-8H2,1-3H3/t10-/m1/s1. The summed E-state index contributed by atoms with van der Waals surface area (Å²) in [5.41, 5.74) is 0. The van der Waals surface area contributed by atoms with E-state index in [1.54, 1.807) is 0 Å². The maximum Gasteiger partial charge on any atom is 0.240 e. The molecule has 0 aliphatic carbocycles. The summed E-state index contributed by atoms with van der Waals surface area (Å²) in [4.78, 5) is 6.82. The Labute approximate surface area is 97.0 Å². The van der Waals surface area contributed by atoms with Gasteiger partial charge in [0, 0.05) is 12.5 Å². The van der Waals surface area contributed by atoms with E-state index in [2.05, 4.69) is 35.8 Å². The second-order valence-corrected chi connectivity index (χ2v) is 5.18. The minimum absolute atomic E-state index is 0.345. The summed E-state index contributed by atoms with van der Waals surface area (Å²) in [7, 11) is 0. The minimum atomic E-state index is 0.345. The van der Waals surface area contributed by atoms with Crippen molar-refractivity contribution in [3.63, 3.8) is 0 Å². The van der Waals surface area contributed by atoms with Crippen LogP contribution in [0.25, 0.3) is 0 Å². The van der Waals surface area contributed by atoms with Crippen LogP contribution in [0.4, 0.5) is 0 Å². The molecule has 0 saturated carbocycles. The van der Waals surface area contributed by atoms with E-state index in [4.69, 9.17) is 4.52 Å². The van der Waals surface area contributed by atoms with Crippen LogP contribution in [0.15, 0.2) is 4.52 Å². The largest absolute Gasteiger partial charge is 0.338 e. The van der Waals surface area contributed by atoms with Gasteiger partial charge < -0.3 is 4.52 Å². The van der Waals surface area contributed by atoms with Gasteiger partial charge in [0.05, 0.1) is 6.54 Å². The smallest absolute Gasteiger partial charge is 0.240 e. The second-order valence-electron chi connectivity index (χ2n) is 5.18. The van der Waals surface area contributed by atoms with Crippen molar-refractivity contribution in [3.8, 4) is 0 Å². The first-order valence-electron chi connectivity index (χ1n) is 6.20. The molecule has 0 bridgehead atoms. The van der Waals surface area contributed by atoms with Crippen LogP contribution >= 0.6 is 0 Å². The lowest BCUT2D eigenvalue weighted by Crippen LogP contribution is -2.33. The fourth-order valence-corrected chi connectivity index (χ4v) is 2.19. The highest BCUT2D eigenvalue weighted by Crippen LogP contribution is 2.18. The predicted molar refractivity (Wildman–Crippen MR) is 62.1 cm³/mol. The fraction of sp³-hybridized carbons (Fsp3) is 0.833. The second kappa shape index (κ2) is 4.95. The zero-order valence-electron chi connectivity index (χ0n) is 10.4. The molecule has 1 aliphatic heterocycles. The lowest BCUT2D eigenvalue weighted by atomic mass is 10.0. The van der Waals surface area contributed by atoms with Crippen LogP contribution in [0.2, 0.25) is 0 Å². The van der Waals surface area contributed by atoms with Crippen molar-refractivity contribution in [2.45, 2.75) is 46.1 Å². The fourth-order valence-electron chi connectivity index (χ4n) is 2.19. The van der Waals surface area contributed by atoms with Crippen molar-refractivity contribution < 1.29 is 4.52 Å². The number of nitrogens with zero attached hydrogens (tertiary/aromatic N) is 3. The lowest BCUT2D eigenvalue weighted by Gasteiger charge is -2.29. The number of hydrogen-bond acceptors (Lipinski definition) is 4. The first-order chi connectivity index (χ1) is 7.65. The molecular formula is C12H21N3O. The average Bonchev–Trinajstić information content (AvgIpc) is 2.66. The molecule has 0 spiro atoms. The third-order valence-electron chi connectivity index (χ3n) is 3.10. The summed E-state index contributed by atoms with van der Waals surface area (Å²) < 4.78 is 5.26. The molecule has 2 rings (SSSR count). The Morgan fingerprint density at radius 3 is 2.94 bits per heavy atom. The van der Waals surface area contributed by atoms with Gasteiger partial charge in [-0.1, -0.05) is 25.9 Å². The van der Waals surface area contributed by atoms with E-state index in [1.165, 1.54) is 12.8 Å². The van der Waals surface area contributed by atoms with Gasteiger partial charge in [0.1, 0.15) is 0 Å². The summed E-state index contributed by atoms with van der Waals surface area (Å²) in [5.74, 6) is 2.72. The first-order valence-corrected chi connectivity index (χ1v) is 6.20. The average molecular weight is 223 g/mol. The molecule has 2 heterocycles. The molecule has 1 aromatic heterocycles. The van der Waals surface area contributed by atoms with Crippen molar-refractivity contribution in [2.75, 3.05) is 13.1 Å². The molecule has 4 nitrogen and oxygen atoms in total. The minimum Gasteiger partial charge on any atom is -0.338 e. The zero-order chi connectivity index (χ0) is 11.5. The summed E-state index contributed by atoms with van der Waals surface area (Å²) in [6, 6.07) is 0. The molecule has 0 aromatic carbocycles. The summed E-state index contributed by atoms with van der Waals surface area (Å²) in [6.07, 6.45) is 2.63. The third kappa shape index (κ3) is 2.82. The Kier molecular flexibility index (Phi) is 3.59. The summed E-state index contributed by atoms with van der Waals surface area (Å²) >= 11 is 0. The van der Waals surface area contributed by atoms with E-state index in [-0.39, 0.29) is 0 Å². The van der Waals surface area contributed by atoms with Gasteiger partial charge in [-0.15, -0.1) is 0 Å². The topological polar surface area (TPSA) is 42.2 Å². The van der Waals surface area contributed by atoms with Crippen LogP contribution in [0.3, 0.4) is 0 Å². The molecule has 0 unspecified atom stereocenters. The van der Waals surface area contributed by atoms with Crippen molar-refractivity contribution >= 4 is 0 Å². The molecule has 1 aromatic rings. The van der Waals surface area contributed by atoms with Crippen molar-refractivity contribution in [1.29, 1.82) is 0 Å². The Morgan fingerprint density at radius 2 is 2.31 bits per heavy atom. The van der Waals surface area contributed by atoms with Crippen molar-refractivity contribution in [3.05, 3.63) is 11.7 Å². The molecule has 0 N–H and O–H groups in total. The van der Waals surface area contributed by atoms with Gasteiger partial charge >= 0.3 is 0 Å². The summed E-state index contributed by atoms with van der Waals surface area (Å²) in [5, 5.41) is 3.99. The maximum atomic E-state index is 5.26. The molecule has 1 saturated heterocycles. The Balaban J connectivity index is 1.92. The quantitative estimate of drug-likeness (QED) is 0.789. The predicted octanol–water partition coefficient (Wildman–Crippen LogP) is 2.42. The number of likely N-dealkylation sites (tertiary alicyclic amines) is 1. The van der Waals surface area contributed by atoms with Crippen LogP contribution in [0.1, 0.15) is 51.2 Å². The highest BCUT2D eigenvalue weighted by Gasteiger charge is 2.19. The zero-order valence-corrected chi connectivity index (χ0v) is 10.4. The van der Waals surface area contributed by atoms with E-state index in [1.807, 2.05) is 0 Å². The molecule has 1 aliphatic rings. The van der Waals surface area contributed by atoms with Crippen LogP contribution in [-0.2, 0) is 6.54 Å². The number of aromatic nitrogens is 2. The van der Waals surface area contributed by atoms with E-state index in [0.717, 1.165) is 37.3 Å². The van der Waals surface area contributed by atoms with Gasteiger partial charge in [0.25, 0.3) is 0 Å².